The van der Waals surface area contributed by atoms with Gasteiger partial charge >= 0.3 is 5.97 Å². The van der Waals surface area contributed by atoms with E-state index in [1.165, 1.54) is 13.0 Å². The van der Waals surface area contributed by atoms with Crippen molar-refractivity contribution in [2.24, 2.45) is 0 Å². The lowest BCUT2D eigenvalue weighted by molar-refractivity contribution is -0.134. The number of nitrogen functional groups attached to an aromatic ring is 1. The van der Waals surface area contributed by atoms with Crippen LogP contribution in [0, 0.1) is 5.82 Å². The van der Waals surface area contributed by atoms with Crippen LogP contribution in [-0.2, 0) is 9.59 Å². The van der Waals surface area contributed by atoms with Gasteiger partial charge in [-0.05, 0) is 12.1 Å². The first-order chi connectivity index (χ1) is 11.4. The minimum atomic E-state index is -0.680. The van der Waals surface area contributed by atoms with Gasteiger partial charge in [-0.3, -0.25) is 9.59 Å². The Morgan fingerprint density at radius 2 is 1.83 bits per heavy atom. The van der Waals surface area contributed by atoms with Crippen LogP contribution >= 0.6 is 0 Å². The molecule has 0 unspecified atom stereocenters. The van der Waals surface area contributed by atoms with Crippen LogP contribution in [0.15, 0.2) is 36.4 Å². The van der Waals surface area contributed by atoms with Crippen molar-refractivity contribution in [3.63, 3.8) is 0 Å². The van der Waals surface area contributed by atoms with E-state index in [1.807, 2.05) is 0 Å². The van der Waals surface area contributed by atoms with E-state index in [1.54, 1.807) is 31.2 Å². The Hall–Kier alpha value is -3.09. The number of hydrogen-bond donors (Lipinski definition) is 2. The lowest BCUT2D eigenvalue weighted by Gasteiger charge is -2.14. The van der Waals surface area contributed by atoms with Gasteiger partial charge in [0, 0.05) is 25.5 Å². The molecule has 0 atom stereocenters. The fraction of sp³-hybridized carbons (Fsp3) is 0.176. The minimum absolute atomic E-state index is 0.0400. The number of anilines is 2. The average Bonchev–Trinajstić information content (AvgIpc) is 2.53. The highest BCUT2D eigenvalue weighted by molar-refractivity contribution is 5.89. The molecule has 24 heavy (non-hydrogen) atoms. The van der Waals surface area contributed by atoms with E-state index in [0.29, 0.717) is 0 Å². The molecule has 2 aromatic rings. The smallest absolute Gasteiger partial charge is 0.311 e. The van der Waals surface area contributed by atoms with Crippen molar-refractivity contribution in [1.29, 1.82) is 0 Å². The van der Waals surface area contributed by atoms with Crippen LogP contribution in [0.2, 0.25) is 0 Å². The van der Waals surface area contributed by atoms with E-state index < -0.39 is 17.7 Å². The molecule has 1 amide bonds. The maximum atomic E-state index is 13.8. The van der Waals surface area contributed by atoms with E-state index in [4.69, 9.17) is 15.2 Å². The van der Waals surface area contributed by atoms with Gasteiger partial charge in [-0.1, -0.05) is 19.1 Å². The van der Waals surface area contributed by atoms with Crippen molar-refractivity contribution in [2.75, 3.05) is 11.1 Å². The molecule has 6 nitrogen and oxygen atoms in total. The lowest BCUT2D eigenvalue weighted by Crippen LogP contribution is -2.09. The first kappa shape index (κ1) is 17.3. The van der Waals surface area contributed by atoms with Gasteiger partial charge in [0.05, 0.1) is 11.4 Å². The Morgan fingerprint density at radius 3 is 2.46 bits per heavy atom. The molecule has 126 valence electrons. The number of hydrogen-bond acceptors (Lipinski definition) is 5. The second-order valence-electron chi connectivity index (χ2n) is 4.93. The van der Waals surface area contributed by atoms with Crippen molar-refractivity contribution < 1.29 is 23.5 Å². The number of para-hydroxylation sites is 2. The van der Waals surface area contributed by atoms with Crippen LogP contribution < -0.4 is 20.5 Å². The summed E-state index contributed by atoms with van der Waals surface area (Å²) >= 11 is 0. The monoisotopic (exact) mass is 332 g/mol. The van der Waals surface area contributed by atoms with Gasteiger partial charge in [-0.25, -0.2) is 4.39 Å². The second kappa shape index (κ2) is 7.45. The number of amides is 1. The molecule has 0 aliphatic heterocycles. The summed E-state index contributed by atoms with van der Waals surface area (Å²) in [5.41, 5.74) is 5.74. The van der Waals surface area contributed by atoms with E-state index in [0.717, 1.165) is 6.07 Å². The lowest BCUT2D eigenvalue weighted by atomic mass is 10.2. The number of nitrogens with two attached hydrogens (primary N) is 1. The molecule has 0 spiro atoms. The zero-order valence-corrected chi connectivity index (χ0v) is 13.3. The number of halogens is 1. The molecule has 0 fully saturated rings. The van der Waals surface area contributed by atoms with Crippen LogP contribution in [0.25, 0.3) is 0 Å². The highest BCUT2D eigenvalue weighted by Crippen LogP contribution is 2.36. The highest BCUT2D eigenvalue weighted by Gasteiger charge is 2.14. The minimum Gasteiger partial charge on any atom is -0.451 e. The summed E-state index contributed by atoms with van der Waals surface area (Å²) in [6.07, 6.45) is 0.208. The van der Waals surface area contributed by atoms with Crippen molar-refractivity contribution in [3.8, 4) is 17.2 Å². The first-order valence-electron chi connectivity index (χ1n) is 7.25. The summed E-state index contributed by atoms with van der Waals surface area (Å²) in [5.74, 6) is -0.944. The number of esters is 1. The molecule has 0 saturated heterocycles. The molecule has 0 aliphatic rings. The van der Waals surface area contributed by atoms with E-state index >= 15 is 0 Å². The number of rotatable bonds is 5. The zero-order valence-electron chi connectivity index (χ0n) is 13.3. The molecule has 7 heteroatoms. The van der Waals surface area contributed by atoms with Gasteiger partial charge in [0.15, 0.2) is 17.2 Å². The Bertz CT molecular complexity index is 777. The maximum absolute atomic E-state index is 13.8. The zero-order chi connectivity index (χ0) is 17.7. The normalized spacial score (nSPS) is 10.1. The van der Waals surface area contributed by atoms with Crippen LogP contribution in [-0.4, -0.2) is 11.9 Å². The van der Waals surface area contributed by atoms with Crippen LogP contribution in [0.1, 0.15) is 20.3 Å². The van der Waals surface area contributed by atoms with Gasteiger partial charge in [0.1, 0.15) is 5.82 Å². The van der Waals surface area contributed by atoms with Gasteiger partial charge in [0.25, 0.3) is 0 Å². The number of carbonyl (C=O) groups excluding carboxylic acids is 2. The van der Waals surface area contributed by atoms with Crippen molar-refractivity contribution in [2.45, 2.75) is 20.3 Å². The van der Waals surface area contributed by atoms with Crippen molar-refractivity contribution >= 4 is 23.3 Å². The number of carbonyl (C=O) groups is 2. The third-order valence-corrected chi connectivity index (χ3v) is 2.99. The molecule has 2 rings (SSSR count). The first-order valence-corrected chi connectivity index (χ1v) is 7.25. The summed E-state index contributed by atoms with van der Waals surface area (Å²) < 4.78 is 24.6. The number of nitrogens with one attached hydrogen (secondary N) is 1. The molecular weight excluding hydrogens is 315 g/mol. The molecule has 2 aromatic carbocycles. The van der Waals surface area contributed by atoms with E-state index in [-0.39, 0.29) is 35.0 Å². The SMILES string of the molecule is CCC(=O)Oc1ccccc1Oc1cc(NC(C)=O)c(F)cc1N. The fourth-order valence-electron chi connectivity index (χ4n) is 1.87. The maximum Gasteiger partial charge on any atom is 0.311 e. The van der Waals surface area contributed by atoms with E-state index in [9.17, 15) is 14.0 Å². The Kier molecular flexibility index (Phi) is 5.36. The fourth-order valence-corrected chi connectivity index (χ4v) is 1.87. The standard InChI is InChI=1S/C17H17FN2O4/c1-3-17(22)24-15-7-5-4-6-14(15)23-16-9-13(20-10(2)21)11(18)8-12(16)19/h4-9H,3,19H2,1-2H3,(H,20,21). The molecule has 0 heterocycles. The Balaban J connectivity index is 2.34. The molecule has 0 aromatic heterocycles. The third kappa shape index (κ3) is 4.22. The predicted octanol–water partition coefficient (Wildman–Crippen LogP) is 3.47. The van der Waals surface area contributed by atoms with Gasteiger partial charge in [0.2, 0.25) is 5.91 Å². The predicted molar refractivity (Wildman–Crippen MR) is 87.6 cm³/mol. The van der Waals surface area contributed by atoms with E-state index in [2.05, 4.69) is 5.32 Å². The van der Waals surface area contributed by atoms with Crippen LogP contribution in [0.4, 0.5) is 15.8 Å². The summed E-state index contributed by atoms with van der Waals surface area (Å²) in [7, 11) is 0. The molecule has 3 N–H and O–H groups in total. The molecule has 0 saturated carbocycles. The van der Waals surface area contributed by atoms with Gasteiger partial charge in [-0.15, -0.1) is 0 Å². The second-order valence-corrected chi connectivity index (χ2v) is 4.93. The van der Waals surface area contributed by atoms with Crippen molar-refractivity contribution in [3.05, 3.63) is 42.2 Å². The summed E-state index contributed by atoms with van der Waals surface area (Å²) in [4.78, 5) is 22.6. The summed E-state index contributed by atoms with van der Waals surface area (Å²) in [6.45, 7) is 2.93. The quantitative estimate of drug-likeness (QED) is 0.497. The van der Waals surface area contributed by atoms with Crippen molar-refractivity contribution in [1.82, 2.24) is 0 Å². The molecular formula is C17H17FN2O4. The van der Waals surface area contributed by atoms with Gasteiger partial charge in [-0.2, -0.15) is 0 Å². The molecule has 0 aliphatic carbocycles. The molecule has 0 bridgehead atoms. The van der Waals surface area contributed by atoms with Crippen LogP contribution in [0.5, 0.6) is 17.2 Å². The topological polar surface area (TPSA) is 90.6 Å². The summed E-state index contributed by atoms with van der Waals surface area (Å²) in [6, 6.07) is 8.83. The number of ether oxygens (including phenoxy) is 2. The summed E-state index contributed by atoms with van der Waals surface area (Å²) in [5, 5.41) is 2.35. The third-order valence-electron chi connectivity index (χ3n) is 2.99. The Morgan fingerprint density at radius 1 is 1.17 bits per heavy atom. The molecule has 0 radical (unpaired) electrons. The largest absolute Gasteiger partial charge is 0.451 e. The van der Waals surface area contributed by atoms with Gasteiger partial charge < -0.3 is 20.5 Å². The van der Waals surface area contributed by atoms with Crippen LogP contribution in [0.3, 0.4) is 0 Å². The number of benzene rings is 2. The average molecular weight is 332 g/mol. The Labute approximate surface area is 138 Å². The highest BCUT2D eigenvalue weighted by atomic mass is 19.1.